The van der Waals surface area contributed by atoms with Crippen molar-refractivity contribution in [2.24, 2.45) is 0 Å². The number of carbonyl (C=O) groups excluding carboxylic acids is 1. The van der Waals surface area contributed by atoms with Gasteiger partial charge in [-0.05, 0) is 44.0 Å². The average Bonchev–Trinajstić information content (AvgIpc) is 3.13. The molecule has 4 rings (SSSR count). The van der Waals surface area contributed by atoms with Gasteiger partial charge in [0.05, 0.1) is 6.61 Å². The van der Waals surface area contributed by atoms with E-state index in [4.69, 9.17) is 4.74 Å². The summed E-state index contributed by atoms with van der Waals surface area (Å²) in [4.78, 5) is 20.2. The van der Waals surface area contributed by atoms with E-state index in [1.807, 2.05) is 18.2 Å². The fraction of sp³-hybridized carbons (Fsp3) is 0.350. The second kappa shape index (κ2) is 8.31. The molecule has 1 fully saturated rings. The second-order valence-electron chi connectivity index (χ2n) is 7.05. The predicted molar refractivity (Wildman–Crippen MR) is 109 cm³/mol. The number of aromatic hydroxyl groups is 1. The highest BCUT2D eigenvalue weighted by atomic mass is 32.1. The Morgan fingerprint density at radius 1 is 1.33 bits per heavy atom. The first-order valence-electron chi connectivity index (χ1n) is 9.51. The van der Waals surface area contributed by atoms with Crippen LogP contribution in [-0.4, -0.2) is 50.6 Å². The van der Waals surface area contributed by atoms with E-state index in [9.17, 15) is 14.3 Å². The van der Waals surface area contributed by atoms with E-state index in [-0.39, 0.29) is 22.8 Å². The summed E-state index contributed by atoms with van der Waals surface area (Å²) in [5.74, 6) is -0.486. The summed E-state index contributed by atoms with van der Waals surface area (Å²) >= 11 is 0.986. The van der Waals surface area contributed by atoms with Crippen LogP contribution in [0.2, 0.25) is 0 Å². The normalized spacial score (nSPS) is 20.4. The van der Waals surface area contributed by atoms with Crippen molar-refractivity contribution >= 4 is 23.1 Å². The summed E-state index contributed by atoms with van der Waals surface area (Å²) in [5, 5.41) is 21.7. The summed E-state index contributed by atoms with van der Waals surface area (Å²) in [6.45, 7) is 2.38. The lowest BCUT2D eigenvalue weighted by atomic mass is 9.65. The largest absolute Gasteiger partial charge is 0.492 e. The van der Waals surface area contributed by atoms with Crippen molar-refractivity contribution in [3.8, 4) is 16.6 Å². The third kappa shape index (κ3) is 3.95. The molecule has 156 valence electrons. The van der Waals surface area contributed by atoms with Crippen LogP contribution < -0.4 is 5.32 Å². The van der Waals surface area contributed by atoms with Gasteiger partial charge in [-0.3, -0.25) is 4.98 Å². The molecule has 0 saturated heterocycles. The van der Waals surface area contributed by atoms with Gasteiger partial charge in [0.2, 0.25) is 5.88 Å². The zero-order chi connectivity index (χ0) is 21.1. The molecule has 0 spiro atoms. The zero-order valence-electron chi connectivity index (χ0n) is 16.2. The van der Waals surface area contributed by atoms with Gasteiger partial charge < -0.3 is 15.2 Å². The molecule has 30 heavy (non-hydrogen) atoms. The Bertz CT molecular complexity index is 1020. The number of nitrogens with zero attached hydrogens (tertiary/aromatic N) is 4. The molecule has 1 aliphatic rings. The van der Waals surface area contributed by atoms with Crippen LogP contribution in [0.25, 0.3) is 10.7 Å². The Labute approximate surface area is 176 Å². The number of carbonyl (C=O) groups is 1. The van der Waals surface area contributed by atoms with E-state index in [0.717, 1.165) is 17.0 Å². The molecular weight excluding hydrogens is 409 g/mol. The van der Waals surface area contributed by atoms with Gasteiger partial charge >= 0.3 is 5.97 Å². The van der Waals surface area contributed by atoms with Crippen LogP contribution in [0.15, 0.2) is 36.5 Å². The highest BCUT2D eigenvalue weighted by Gasteiger charge is 2.47. The van der Waals surface area contributed by atoms with E-state index in [1.165, 1.54) is 0 Å². The number of aromatic nitrogens is 4. The second-order valence-corrected chi connectivity index (χ2v) is 8.05. The number of hydrogen-bond acceptors (Lipinski definition) is 9. The average molecular weight is 429 g/mol. The predicted octanol–water partition coefficient (Wildman–Crippen LogP) is 3.36. The number of hydrogen-bond donors (Lipinski definition) is 2. The van der Waals surface area contributed by atoms with Gasteiger partial charge in [0.15, 0.2) is 4.88 Å². The highest BCUT2D eigenvalue weighted by molar-refractivity contribution is 7.17. The Morgan fingerprint density at radius 2 is 2.17 bits per heavy atom. The van der Waals surface area contributed by atoms with Crippen LogP contribution in [-0.2, 0) is 10.2 Å². The van der Waals surface area contributed by atoms with Gasteiger partial charge in [0.25, 0.3) is 0 Å². The molecule has 3 heterocycles. The maximum absolute atomic E-state index is 13.7. The van der Waals surface area contributed by atoms with E-state index in [1.54, 1.807) is 25.3 Å². The molecule has 0 radical (unpaired) electrons. The van der Waals surface area contributed by atoms with Crippen LogP contribution >= 0.6 is 11.3 Å². The molecule has 3 aromatic rings. The van der Waals surface area contributed by atoms with Crippen LogP contribution in [0.4, 0.5) is 10.2 Å². The first-order valence-corrected chi connectivity index (χ1v) is 10.3. The van der Waals surface area contributed by atoms with Crippen molar-refractivity contribution in [1.82, 2.24) is 20.2 Å². The third-order valence-corrected chi connectivity index (χ3v) is 6.04. The highest BCUT2D eigenvalue weighted by Crippen LogP contribution is 2.44. The first-order chi connectivity index (χ1) is 14.5. The van der Waals surface area contributed by atoms with Crippen molar-refractivity contribution < 1.29 is 19.0 Å². The van der Waals surface area contributed by atoms with E-state index in [2.05, 4.69) is 25.5 Å². The van der Waals surface area contributed by atoms with Crippen LogP contribution in [0.5, 0.6) is 5.88 Å². The molecule has 0 atom stereocenters. The molecule has 0 aromatic carbocycles. The molecule has 3 aromatic heterocycles. The topological polar surface area (TPSA) is 110 Å². The Hall–Kier alpha value is -3.14. The van der Waals surface area contributed by atoms with Crippen LogP contribution in [0.1, 0.15) is 35.1 Å². The summed E-state index contributed by atoms with van der Waals surface area (Å²) in [6, 6.07) is 9.07. The molecule has 0 bridgehead atoms. The molecule has 2 N–H and O–H groups in total. The first kappa shape index (κ1) is 20.1. The molecule has 0 unspecified atom stereocenters. The SMILES string of the molecule is CCOC(=O)c1sc(-c2ccc(NCC3(c4ccccn4)CC(F)C3)nn2)nc1O. The number of ether oxygens (including phenoxy) is 1. The lowest BCUT2D eigenvalue weighted by Crippen LogP contribution is -2.48. The number of pyridine rings is 1. The Balaban J connectivity index is 1.45. The summed E-state index contributed by atoms with van der Waals surface area (Å²) in [6.07, 6.45) is 1.72. The van der Waals surface area contributed by atoms with Crippen molar-refractivity contribution in [3.05, 3.63) is 47.1 Å². The third-order valence-electron chi connectivity index (χ3n) is 4.99. The van der Waals surface area contributed by atoms with E-state index >= 15 is 0 Å². The van der Waals surface area contributed by atoms with Crippen molar-refractivity contribution in [3.63, 3.8) is 0 Å². The quantitative estimate of drug-likeness (QED) is 0.550. The number of anilines is 1. The lowest BCUT2D eigenvalue weighted by molar-refractivity contribution is 0.0528. The monoisotopic (exact) mass is 429 g/mol. The number of nitrogens with one attached hydrogen (secondary N) is 1. The number of thiazole rings is 1. The zero-order valence-corrected chi connectivity index (χ0v) is 17.0. The van der Waals surface area contributed by atoms with Gasteiger partial charge in [-0.25, -0.2) is 9.18 Å². The number of alkyl halides is 1. The molecule has 0 aliphatic heterocycles. The minimum atomic E-state index is -0.826. The molecule has 8 nitrogen and oxygen atoms in total. The van der Waals surface area contributed by atoms with E-state index in [0.29, 0.717) is 35.9 Å². The molecule has 0 amide bonds. The van der Waals surface area contributed by atoms with Gasteiger partial charge in [-0.2, -0.15) is 4.98 Å². The molecule has 1 saturated carbocycles. The maximum atomic E-state index is 13.7. The van der Waals surface area contributed by atoms with Crippen molar-refractivity contribution in [1.29, 1.82) is 0 Å². The van der Waals surface area contributed by atoms with Crippen LogP contribution in [0, 0.1) is 0 Å². The van der Waals surface area contributed by atoms with E-state index < -0.39 is 12.1 Å². The number of esters is 1. The van der Waals surface area contributed by atoms with Gasteiger partial charge in [0, 0.05) is 23.9 Å². The Morgan fingerprint density at radius 3 is 2.80 bits per heavy atom. The fourth-order valence-corrected chi connectivity index (χ4v) is 4.28. The molecule has 10 heteroatoms. The maximum Gasteiger partial charge on any atom is 0.353 e. The molecule has 1 aliphatic carbocycles. The standard InChI is InChI=1S/C20H20FN5O3S/c1-2-29-19(28)16-17(27)24-18(30-16)13-6-7-15(26-25-13)23-11-20(9-12(21)10-20)14-5-3-4-8-22-14/h3-8,12,27H,2,9-11H2,1H3,(H,23,26). The number of halogens is 1. The number of rotatable bonds is 7. The summed E-state index contributed by atoms with van der Waals surface area (Å²) in [7, 11) is 0. The lowest BCUT2D eigenvalue weighted by Gasteiger charge is -2.43. The van der Waals surface area contributed by atoms with Gasteiger partial charge in [0.1, 0.15) is 22.7 Å². The smallest absolute Gasteiger partial charge is 0.353 e. The minimum absolute atomic E-state index is 0.0268. The van der Waals surface area contributed by atoms with Gasteiger partial charge in [-0.1, -0.05) is 6.07 Å². The van der Waals surface area contributed by atoms with Crippen molar-refractivity contribution in [2.75, 3.05) is 18.5 Å². The summed E-state index contributed by atoms with van der Waals surface area (Å²) < 4.78 is 18.6. The fourth-order valence-electron chi connectivity index (χ4n) is 3.46. The molecular formula is C20H20FN5O3S. The summed E-state index contributed by atoms with van der Waals surface area (Å²) in [5.41, 5.74) is 0.917. The van der Waals surface area contributed by atoms with Crippen LogP contribution in [0.3, 0.4) is 0 Å². The Kier molecular flexibility index (Phi) is 5.58. The van der Waals surface area contributed by atoms with Gasteiger partial charge in [-0.15, -0.1) is 21.5 Å². The van der Waals surface area contributed by atoms with Crippen molar-refractivity contribution in [2.45, 2.75) is 31.4 Å². The minimum Gasteiger partial charge on any atom is -0.492 e.